The smallest absolute Gasteiger partial charge is 0.278 e. The van der Waals surface area contributed by atoms with Gasteiger partial charge < -0.3 is 5.32 Å². The zero-order valence-corrected chi connectivity index (χ0v) is 16.4. The first-order valence-corrected chi connectivity index (χ1v) is 9.80. The average Bonchev–Trinajstić information content (AvgIpc) is 3.29. The maximum Gasteiger partial charge on any atom is 0.278 e. The summed E-state index contributed by atoms with van der Waals surface area (Å²) in [6, 6.07) is 13.3. The molecule has 2 amide bonds. The molecular weight excluding hydrogens is 370 g/mol. The van der Waals surface area contributed by atoms with Gasteiger partial charge in [0, 0.05) is 23.0 Å². The molecule has 0 saturated heterocycles. The van der Waals surface area contributed by atoms with Gasteiger partial charge in [-0.05, 0) is 60.2 Å². The molecule has 0 atom stereocenters. The summed E-state index contributed by atoms with van der Waals surface area (Å²) < 4.78 is 0. The standard InChI is InChI=1S/C22H19N3O2S/c1-14-7-8-17(11-15(14)2)24-20-19(18-6-4-10-28-18)21(26)25(22(20)27)13-16-5-3-9-23-12-16/h3-12,24H,13H2,1-2H3. The number of thiophene rings is 1. The minimum absolute atomic E-state index is 0.193. The minimum atomic E-state index is -0.324. The number of nitrogens with zero attached hydrogens (tertiary/aromatic N) is 2. The molecule has 140 valence electrons. The van der Waals surface area contributed by atoms with Crippen LogP contribution in [0.3, 0.4) is 0 Å². The van der Waals surface area contributed by atoms with Gasteiger partial charge in [0.1, 0.15) is 5.70 Å². The van der Waals surface area contributed by atoms with E-state index in [-0.39, 0.29) is 18.4 Å². The number of pyridine rings is 1. The van der Waals surface area contributed by atoms with Crippen LogP contribution in [0.5, 0.6) is 0 Å². The van der Waals surface area contributed by atoms with Gasteiger partial charge in [-0.25, -0.2) is 0 Å². The molecule has 0 unspecified atom stereocenters. The number of carbonyl (C=O) groups is 2. The fourth-order valence-corrected chi connectivity index (χ4v) is 3.89. The molecule has 3 heterocycles. The molecule has 0 fully saturated rings. The molecule has 1 aliphatic rings. The highest BCUT2D eigenvalue weighted by Gasteiger charge is 2.39. The summed E-state index contributed by atoms with van der Waals surface area (Å²) in [5, 5.41) is 5.10. The van der Waals surface area contributed by atoms with Gasteiger partial charge in [-0.1, -0.05) is 18.2 Å². The Morgan fingerprint density at radius 1 is 1.04 bits per heavy atom. The van der Waals surface area contributed by atoms with Crippen molar-refractivity contribution in [1.82, 2.24) is 9.88 Å². The lowest BCUT2D eigenvalue weighted by molar-refractivity contribution is -0.137. The Bertz CT molecular complexity index is 1070. The van der Waals surface area contributed by atoms with Crippen molar-refractivity contribution in [2.45, 2.75) is 20.4 Å². The van der Waals surface area contributed by atoms with Crippen molar-refractivity contribution in [1.29, 1.82) is 0 Å². The van der Waals surface area contributed by atoms with E-state index in [9.17, 15) is 9.59 Å². The Hall–Kier alpha value is -3.25. The molecule has 6 heteroatoms. The van der Waals surface area contributed by atoms with Crippen LogP contribution in [0.4, 0.5) is 5.69 Å². The molecule has 0 saturated carbocycles. The van der Waals surface area contributed by atoms with Crippen LogP contribution in [0.2, 0.25) is 0 Å². The molecule has 2 aromatic heterocycles. The lowest BCUT2D eigenvalue weighted by Gasteiger charge is -2.15. The topological polar surface area (TPSA) is 62.3 Å². The van der Waals surface area contributed by atoms with Crippen molar-refractivity contribution in [3.63, 3.8) is 0 Å². The van der Waals surface area contributed by atoms with E-state index in [1.807, 2.05) is 55.6 Å². The van der Waals surface area contributed by atoms with E-state index < -0.39 is 0 Å². The maximum atomic E-state index is 13.2. The zero-order chi connectivity index (χ0) is 19.7. The molecule has 0 spiro atoms. The normalized spacial score (nSPS) is 14.1. The average molecular weight is 389 g/mol. The van der Waals surface area contributed by atoms with Crippen molar-refractivity contribution in [3.8, 4) is 0 Å². The first-order chi connectivity index (χ1) is 13.5. The summed E-state index contributed by atoms with van der Waals surface area (Å²) >= 11 is 1.44. The summed E-state index contributed by atoms with van der Waals surface area (Å²) in [5.41, 5.74) is 4.62. The van der Waals surface area contributed by atoms with E-state index in [1.54, 1.807) is 18.5 Å². The number of aromatic nitrogens is 1. The second-order valence-electron chi connectivity index (χ2n) is 6.71. The number of carbonyl (C=O) groups excluding carboxylic acids is 2. The number of imide groups is 1. The Kier molecular flexibility index (Phi) is 4.79. The molecule has 0 aliphatic carbocycles. The van der Waals surface area contributed by atoms with E-state index in [2.05, 4.69) is 10.3 Å². The highest BCUT2D eigenvalue weighted by Crippen LogP contribution is 2.33. The number of rotatable bonds is 5. The fraction of sp³-hybridized carbons (Fsp3) is 0.136. The van der Waals surface area contributed by atoms with Gasteiger partial charge in [-0.15, -0.1) is 11.3 Å². The van der Waals surface area contributed by atoms with Crippen LogP contribution < -0.4 is 5.32 Å². The third-order valence-corrected chi connectivity index (χ3v) is 5.66. The summed E-state index contributed by atoms with van der Waals surface area (Å²) in [7, 11) is 0. The Balaban J connectivity index is 1.72. The van der Waals surface area contributed by atoms with Crippen LogP contribution in [-0.2, 0) is 16.1 Å². The van der Waals surface area contributed by atoms with Crippen molar-refractivity contribution >= 4 is 34.4 Å². The van der Waals surface area contributed by atoms with Gasteiger partial charge in [0.05, 0.1) is 12.1 Å². The second-order valence-corrected chi connectivity index (χ2v) is 7.66. The van der Waals surface area contributed by atoms with E-state index in [1.165, 1.54) is 21.8 Å². The first-order valence-electron chi connectivity index (χ1n) is 8.92. The van der Waals surface area contributed by atoms with Gasteiger partial charge in [-0.3, -0.25) is 19.5 Å². The molecule has 3 aromatic rings. The van der Waals surface area contributed by atoms with Crippen LogP contribution in [0, 0.1) is 13.8 Å². The van der Waals surface area contributed by atoms with Crippen molar-refractivity contribution < 1.29 is 9.59 Å². The van der Waals surface area contributed by atoms with E-state index >= 15 is 0 Å². The summed E-state index contributed by atoms with van der Waals surface area (Å²) in [6.07, 6.45) is 3.33. The highest BCUT2D eigenvalue weighted by atomic mass is 32.1. The maximum absolute atomic E-state index is 13.2. The van der Waals surface area contributed by atoms with Crippen molar-refractivity contribution in [2.75, 3.05) is 5.32 Å². The number of anilines is 1. The Morgan fingerprint density at radius 3 is 2.57 bits per heavy atom. The molecule has 5 nitrogen and oxygen atoms in total. The van der Waals surface area contributed by atoms with Crippen LogP contribution in [0.25, 0.3) is 5.57 Å². The van der Waals surface area contributed by atoms with Crippen LogP contribution >= 0.6 is 11.3 Å². The van der Waals surface area contributed by atoms with Gasteiger partial charge in [0.2, 0.25) is 0 Å². The van der Waals surface area contributed by atoms with Crippen molar-refractivity contribution in [3.05, 3.63) is 87.5 Å². The van der Waals surface area contributed by atoms with E-state index in [0.717, 1.165) is 21.7 Å². The van der Waals surface area contributed by atoms with E-state index in [0.29, 0.717) is 11.3 Å². The Labute approximate surface area is 167 Å². The van der Waals surface area contributed by atoms with Crippen molar-refractivity contribution in [2.24, 2.45) is 0 Å². The molecule has 1 aliphatic heterocycles. The number of hydrogen-bond acceptors (Lipinski definition) is 5. The Morgan fingerprint density at radius 2 is 1.89 bits per heavy atom. The number of amides is 2. The summed E-state index contributed by atoms with van der Waals surface area (Å²) in [5.74, 6) is -0.613. The number of nitrogens with one attached hydrogen (secondary N) is 1. The predicted octanol–water partition coefficient (Wildman–Crippen LogP) is 4.15. The van der Waals surface area contributed by atoms with Crippen LogP contribution in [0.1, 0.15) is 21.6 Å². The van der Waals surface area contributed by atoms with Gasteiger partial charge in [-0.2, -0.15) is 0 Å². The van der Waals surface area contributed by atoms with Crippen LogP contribution in [-0.4, -0.2) is 21.7 Å². The number of hydrogen-bond donors (Lipinski definition) is 1. The molecular formula is C22H19N3O2S. The largest absolute Gasteiger partial charge is 0.350 e. The van der Waals surface area contributed by atoms with Gasteiger partial charge >= 0.3 is 0 Å². The number of benzene rings is 1. The predicted molar refractivity (Wildman–Crippen MR) is 111 cm³/mol. The highest BCUT2D eigenvalue weighted by molar-refractivity contribution is 7.11. The molecule has 0 bridgehead atoms. The summed E-state index contributed by atoms with van der Waals surface area (Å²) in [4.78, 5) is 32.4. The summed E-state index contributed by atoms with van der Waals surface area (Å²) in [6.45, 7) is 4.25. The molecule has 4 rings (SSSR count). The van der Waals surface area contributed by atoms with Crippen LogP contribution in [0.15, 0.2) is 65.9 Å². The molecule has 0 radical (unpaired) electrons. The molecule has 1 N–H and O–H groups in total. The van der Waals surface area contributed by atoms with E-state index in [4.69, 9.17) is 0 Å². The fourth-order valence-electron chi connectivity index (χ4n) is 3.12. The quantitative estimate of drug-likeness (QED) is 0.666. The third-order valence-electron chi connectivity index (χ3n) is 4.78. The second kappa shape index (κ2) is 7.40. The SMILES string of the molecule is Cc1ccc(NC2=C(c3cccs3)C(=O)N(Cc3cccnc3)C2=O)cc1C. The first kappa shape index (κ1) is 18.1. The van der Waals surface area contributed by atoms with Gasteiger partial charge in [0.15, 0.2) is 0 Å². The molecule has 28 heavy (non-hydrogen) atoms. The third kappa shape index (κ3) is 3.34. The monoisotopic (exact) mass is 389 g/mol. The zero-order valence-electron chi connectivity index (χ0n) is 15.6. The lowest BCUT2D eigenvalue weighted by Crippen LogP contribution is -2.32. The molecule has 1 aromatic carbocycles. The van der Waals surface area contributed by atoms with Gasteiger partial charge in [0.25, 0.3) is 11.8 Å². The minimum Gasteiger partial charge on any atom is -0.350 e. The number of aryl methyl sites for hydroxylation is 2. The lowest BCUT2D eigenvalue weighted by atomic mass is 10.1.